The maximum atomic E-state index is 14.6. The van der Waals surface area contributed by atoms with E-state index in [1.165, 1.54) is 12.6 Å². The van der Waals surface area contributed by atoms with Crippen LogP contribution in [0.15, 0.2) is 18.3 Å². The molecule has 0 aliphatic carbocycles. The first-order valence-electron chi connectivity index (χ1n) is 9.72. The van der Waals surface area contributed by atoms with Crippen LogP contribution in [0, 0.1) is 17.1 Å². The molecule has 0 spiro atoms. The van der Waals surface area contributed by atoms with Crippen molar-refractivity contribution in [1.82, 2.24) is 19.6 Å². The fraction of sp³-hybridized carbons (Fsp3) is 0.429. The average molecular weight is 412 g/mol. The number of imidazole rings is 1. The Morgan fingerprint density at radius 1 is 1.37 bits per heavy atom. The van der Waals surface area contributed by atoms with Gasteiger partial charge in [0.25, 0.3) is 0 Å². The van der Waals surface area contributed by atoms with Crippen LogP contribution >= 0.6 is 0 Å². The van der Waals surface area contributed by atoms with Crippen molar-refractivity contribution in [3.63, 3.8) is 0 Å². The lowest BCUT2D eigenvalue weighted by molar-refractivity contribution is -0.0535. The summed E-state index contributed by atoms with van der Waals surface area (Å²) in [5, 5.41) is 16.6. The highest BCUT2D eigenvalue weighted by Gasteiger charge is 2.40. The lowest BCUT2D eigenvalue weighted by Crippen LogP contribution is -2.45. The van der Waals surface area contributed by atoms with Gasteiger partial charge in [-0.15, -0.1) is 0 Å². The first-order valence-corrected chi connectivity index (χ1v) is 9.72. The predicted octanol–water partition coefficient (Wildman–Crippen LogP) is 3.56. The minimum absolute atomic E-state index is 0.0597. The van der Waals surface area contributed by atoms with Crippen molar-refractivity contribution in [1.29, 1.82) is 5.26 Å². The summed E-state index contributed by atoms with van der Waals surface area (Å²) in [6.07, 6.45) is 2.75. The van der Waals surface area contributed by atoms with E-state index in [1.807, 2.05) is 13.0 Å². The summed E-state index contributed by atoms with van der Waals surface area (Å²) >= 11 is 0. The largest absolute Gasteiger partial charge is 0.495 e. The zero-order chi connectivity index (χ0) is 21.9. The van der Waals surface area contributed by atoms with Crippen LogP contribution < -0.4 is 10.1 Å². The van der Waals surface area contributed by atoms with Crippen molar-refractivity contribution in [2.24, 2.45) is 0 Å². The van der Waals surface area contributed by atoms with Gasteiger partial charge in [-0.3, -0.25) is 0 Å². The van der Waals surface area contributed by atoms with E-state index in [1.54, 1.807) is 24.7 Å². The van der Waals surface area contributed by atoms with Crippen molar-refractivity contribution in [3.8, 4) is 23.2 Å². The summed E-state index contributed by atoms with van der Waals surface area (Å²) in [6.45, 7) is 7.34. The number of nitrogens with zero attached hydrogens (tertiary/aromatic N) is 5. The molecule has 30 heavy (non-hydrogen) atoms. The molecule has 0 aromatic carbocycles. The van der Waals surface area contributed by atoms with E-state index in [9.17, 15) is 4.39 Å². The molecule has 3 aromatic heterocycles. The second-order valence-electron chi connectivity index (χ2n) is 7.31. The summed E-state index contributed by atoms with van der Waals surface area (Å²) < 4.78 is 27.0. The minimum atomic E-state index is -0.621. The second-order valence-corrected chi connectivity index (χ2v) is 7.31. The molecule has 0 unspecified atom stereocenters. The monoisotopic (exact) mass is 412 g/mol. The number of anilines is 1. The molecular formula is C21H25FN6O2. The van der Waals surface area contributed by atoms with Gasteiger partial charge in [0.15, 0.2) is 11.5 Å². The molecule has 3 aromatic rings. The highest BCUT2D eigenvalue weighted by atomic mass is 19.1. The van der Waals surface area contributed by atoms with E-state index in [4.69, 9.17) is 14.7 Å². The van der Waals surface area contributed by atoms with Crippen molar-refractivity contribution in [2.45, 2.75) is 32.6 Å². The molecule has 8 nitrogen and oxygen atoms in total. The Balaban J connectivity index is 0.000000806. The van der Waals surface area contributed by atoms with Gasteiger partial charge in [0.2, 0.25) is 0 Å². The number of nitriles is 1. The molecule has 1 aliphatic rings. The van der Waals surface area contributed by atoms with Gasteiger partial charge in [0.05, 0.1) is 37.5 Å². The third-order valence-electron chi connectivity index (χ3n) is 4.67. The van der Waals surface area contributed by atoms with Crippen LogP contribution in [-0.2, 0) is 10.2 Å². The molecule has 0 saturated carbocycles. The Morgan fingerprint density at radius 2 is 2.07 bits per heavy atom. The van der Waals surface area contributed by atoms with E-state index in [0.717, 1.165) is 6.07 Å². The number of rotatable bonds is 4. The summed E-state index contributed by atoms with van der Waals surface area (Å²) in [7, 11) is 3.20. The molecule has 4 rings (SSSR count). The van der Waals surface area contributed by atoms with Crippen molar-refractivity contribution >= 4 is 11.5 Å². The smallest absolute Gasteiger partial charge is 0.157 e. The second kappa shape index (κ2) is 8.63. The van der Waals surface area contributed by atoms with Crippen LogP contribution in [0.25, 0.3) is 17.0 Å². The van der Waals surface area contributed by atoms with Gasteiger partial charge in [-0.1, -0.05) is 20.3 Å². The summed E-state index contributed by atoms with van der Waals surface area (Å²) in [6, 6.07) is 4.83. The fourth-order valence-corrected chi connectivity index (χ4v) is 3.12. The molecule has 0 radical (unpaired) electrons. The number of aromatic nitrogens is 4. The number of pyridine rings is 1. The third-order valence-corrected chi connectivity index (χ3v) is 4.67. The van der Waals surface area contributed by atoms with Crippen LogP contribution in [0.3, 0.4) is 0 Å². The SMILES string of the molecule is CCC.CNc1nc(-c2cnc3cc(OC)c(C4(C)COC4)nn23)c(F)cc1C#N. The maximum absolute atomic E-state index is 14.6. The standard InChI is InChI=1S/C18H17FN6O2.C3H8/c1-18(8-27-9-18)16-13(26-3)5-14-22-7-12(25(14)24-16)15-11(19)4-10(6-20)17(21-2)23-15;1-3-2/h4-5,7H,8-9H2,1-3H3,(H,21,23);3H2,1-2H3. The van der Waals surface area contributed by atoms with Gasteiger partial charge >= 0.3 is 0 Å². The lowest BCUT2D eigenvalue weighted by atomic mass is 9.84. The van der Waals surface area contributed by atoms with Gasteiger partial charge in [-0.2, -0.15) is 10.4 Å². The van der Waals surface area contributed by atoms with Crippen molar-refractivity contribution in [2.75, 3.05) is 32.7 Å². The number of nitrogens with one attached hydrogen (secondary N) is 1. The van der Waals surface area contributed by atoms with Crippen LogP contribution in [0.2, 0.25) is 0 Å². The molecule has 158 valence electrons. The topological polar surface area (TPSA) is 97.4 Å². The average Bonchev–Trinajstić information content (AvgIpc) is 3.14. The molecule has 0 atom stereocenters. The molecule has 0 amide bonds. The number of hydrogen-bond acceptors (Lipinski definition) is 7. The van der Waals surface area contributed by atoms with E-state index in [-0.39, 0.29) is 22.5 Å². The summed E-state index contributed by atoms with van der Waals surface area (Å²) in [4.78, 5) is 8.56. The normalized spacial score (nSPS) is 14.3. The first-order chi connectivity index (χ1) is 14.4. The number of methoxy groups -OCH3 is 1. The Bertz CT molecular complexity index is 1100. The van der Waals surface area contributed by atoms with Crippen LogP contribution in [0.1, 0.15) is 38.4 Å². The van der Waals surface area contributed by atoms with E-state index < -0.39 is 5.82 Å². The molecule has 1 N–H and O–H groups in total. The Kier molecular flexibility index (Phi) is 6.17. The first kappa shape index (κ1) is 21.5. The zero-order valence-electron chi connectivity index (χ0n) is 17.8. The lowest BCUT2D eigenvalue weighted by Gasteiger charge is -2.37. The van der Waals surface area contributed by atoms with Crippen molar-refractivity contribution in [3.05, 3.63) is 35.4 Å². The van der Waals surface area contributed by atoms with Crippen LogP contribution in [0.4, 0.5) is 10.2 Å². The zero-order valence-corrected chi connectivity index (χ0v) is 17.8. The van der Waals surface area contributed by atoms with Crippen LogP contribution in [-0.4, -0.2) is 47.0 Å². The molecule has 1 aliphatic heterocycles. The quantitative estimate of drug-likeness (QED) is 0.700. The van der Waals surface area contributed by atoms with E-state index in [0.29, 0.717) is 36.0 Å². The summed E-state index contributed by atoms with van der Waals surface area (Å²) in [5.41, 5.74) is 1.51. The van der Waals surface area contributed by atoms with Crippen molar-refractivity contribution < 1.29 is 13.9 Å². The van der Waals surface area contributed by atoms with Gasteiger partial charge in [0.1, 0.15) is 34.7 Å². The number of halogens is 1. The minimum Gasteiger partial charge on any atom is -0.495 e. The van der Waals surface area contributed by atoms with Gasteiger partial charge < -0.3 is 14.8 Å². The van der Waals surface area contributed by atoms with Gasteiger partial charge in [0, 0.05) is 13.1 Å². The molecule has 4 heterocycles. The highest BCUT2D eigenvalue weighted by Crippen LogP contribution is 2.37. The Hall–Kier alpha value is -3.25. The molecular weight excluding hydrogens is 387 g/mol. The summed E-state index contributed by atoms with van der Waals surface area (Å²) in [5.74, 6) is 0.274. The Labute approximate surface area is 174 Å². The van der Waals surface area contributed by atoms with Gasteiger partial charge in [-0.25, -0.2) is 18.9 Å². The van der Waals surface area contributed by atoms with Gasteiger partial charge in [-0.05, 0) is 13.0 Å². The molecule has 1 fully saturated rings. The number of ether oxygens (including phenoxy) is 2. The fourth-order valence-electron chi connectivity index (χ4n) is 3.12. The maximum Gasteiger partial charge on any atom is 0.157 e. The predicted molar refractivity (Wildman–Crippen MR) is 111 cm³/mol. The number of hydrogen-bond donors (Lipinski definition) is 1. The number of fused-ring (bicyclic) bond motifs is 1. The Morgan fingerprint density at radius 3 is 2.60 bits per heavy atom. The highest BCUT2D eigenvalue weighted by molar-refractivity contribution is 5.66. The van der Waals surface area contributed by atoms with E-state index in [2.05, 4.69) is 34.2 Å². The molecule has 0 bridgehead atoms. The van der Waals surface area contributed by atoms with E-state index >= 15 is 0 Å². The molecule has 1 saturated heterocycles. The third kappa shape index (κ3) is 3.66. The van der Waals surface area contributed by atoms with Crippen LogP contribution in [0.5, 0.6) is 5.75 Å². The molecule has 9 heteroatoms.